The van der Waals surface area contributed by atoms with Gasteiger partial charge in [0.15, 0.2) is 0 Å². The molecule has 0 heterocycles. The molecule has 5 heteroatoms. The second-order valence-electron chi connectivity index (χ2n) is 5.79. The largest absolute Gasteiger partial charge is 0.496 e. The lowest BCUT2D eigenvalue weighted by Crippen LogP contribution is -2.36. The van der Waals surface area contributed by atoms with Crippen molar-refractivity contribution in [1.29, 1.82) is 5.26 Å². The number of para-hydroxylation sites is 1. The minimum absolute atomic E-state index is 0.154. The molecule has 2 aromatic rings. The Hall–Kier alpha value is -3.00. The Morgan fingerprint density at radius 2 is 2.08 bits per heavy atom. The summed E-state index contributed by atoms with van der Waals surface area (Å²) >= 11 is 0. The summed E-state index contributed by atoms with van der Waals surface area (Å²) in [5.41, 5.74) is 2.13. The van der Waals surface area contributed by atoms with E-state index in [4.69, 9.17) is 10.00 Å². The van der Waals surface area contributed by atoms with Crippen LogP contribution in [-0.2, 0) is 6.54 Å². The number of urea groups is 1. The second-order valence-corrected chi connectivity index (χ2v) is 5.79. The van der Waals surface area contributed by atoms with Crippen LogP contribution in [0.3, 0.4) is 0 Å². The van der Waals surface area contributed by atoms with Crippen LogP contribution in [0.5, 0.6) is 5.75 Å². The summed E-state index contributed by atoms with van der Waals surface area (Å²) < 4.78 is 5.38. The molecular formula is C19H19N3O2. The van der Waals surface area contributed by atoms with E-state index in [1.807, 2.05) is 29.2 Å². The first-order chi connectivity index (χ1) is 11.7. The number of benzene rings is 2. The number of nitrogens with zero attached hydrogens (tertiary/aromatic N) is 2. The average molecular weight is 321 g/mol. The van der Waals surface area contributed by atoms with Gasteiger partial charge in [-0.05, 0) is 37.1 Å². The van der Waals surface area contributed by atoms with E-state index in [-0.39, 0.29) is 12.1 Å². The van der Waals surface area contributed by atoms with Crippen LogP contribution in [0, 0.1) is 11.3 Å². The number of anilines is 1. The number of carbonyl (C=O) groups excluding carboxylic acids is 1. The van der Waals surface area contributed by atoms with Crippen LogP contribution >= 0.6 is 0 Å². The molecule has 0 spiro atoms. The smallest absolute Gasteiger partial charge is 0.322 e. The van der Waals surface area contributed by atoms with Crippen molar-refractivity contribution in [3.63, 3.8) is 0 Å². The van der Waals surface area contributed by atoms with Gasteiger partial charge in [0, 0.05) is 17.3 Å². The predicted octanol–water partition coefficient (Wildman–Crippen LogP) is 3.76. The summed E-state index contributed by atoms with van der Waals surface area (Å²) in [4.78, 5) is 14.5. The third kappa shape index (κ3) is 3.66. The van der Waals surface area contributed by atoms with Crippen molar-refractivity contribution >= 4 is 11.7 Å². The average Bonchev–Trinajstić information content (AvgIpc) is 3.45. The van der Waals surface area contributed by atoms with Gasteiger partial charge >= 0.3 is 6.03 Å². The molecule has 0 unspecified atom stereocenters. The van der Waals surface area contributed by atoms with Crippen LogP contribution in [0.25, 0.3) is 0 Å². The Labute approximate surface area is 141 Å². The van der Waals surface area contributed by atoms with Crippen molar-refractivity contribution in [2.45, 2.75) is 25.4 Å². The number of amides is 2. The molecule has 1 N–H and O–H groups in total. The Morgan fingerprint density at radius 3 is 2.79 bits per heavy atom. The van der Waals surface area contributed by atoms with Crippen LogP contribution in [0.4, 0.5) is 10.5 Å². The molecule has 24 heavy (non-hydrogen) atoms. The van der Waals surface area contributed by atoms with Crippen molar-refractivity contribution in [1.82, 2.24) is 4.90 Å². The number of rotatable bonds is 5. The maximum Gasteiger partial charge on any atom is 0.322 e. The maximum absolute atomic E-state index is 12.7. The van der Waals surface area contributed by atoms with Crippen molar-refractivity contribution in [2.24, 2.45) is 0 Å². The van der Waals surface area contributed by atoms with Crippen LogP contribution in [0.1, 0.15) is 24.0 Å². The topological polar surface area (TPSA) is 65.4 Å². The third-order valence-corrected chi connectivity index (χ3v) is 4.02. The van der Waals surface area contributed by atoms with E-state index in [0.29, 0.717) is 17.8 Å². The molecule has 1 aliphatic carbocycles. The van der Waals surface area contributed by atoms with Crippen LogP contribution < -0.4 is 10.1 Å². The van der Waals surface area contributed by atoms with Gasteiger partial charge in [0.25, 0.3) is 0 Å². The van der Waals surface area contributed by atoms with Crippen LogP contribution in [0.15, 0.2) is 48.5 Å². The minimum atomic E-state index is -0.154. The highest BCUT2D eigenvalue weighted by Gasteiger charge is 2.33. The lowest BCUT2D eigenvalue weighted by molar-refractivity contribution is 0.205. The van der Waals surface area contributed by atoms with Gasteiger partial charge in [0.05, 0.1) is 25.3 Å². The van der Waals surface area contributed by atoms with Crippen LogP contribution in [-0.4, -0.2) is 24.1 Å². The number of hydrogen-bond donors (Lipinski definition) is 1. The van der Waals surface area contributed by atoms with E-state index in [1.165, 1.54) is 0 Å². The number of nitriles is 1. The number of hydrogen-bond acceptors (Lipinski definition) is 3. The fraction of sp³-hybridized carbons (Fsp3) is 0.263. The summed E-state index contributed by atoms with van der Waals surface area (Å²) in [6.07, 6.45) is 2.03. The molecule has 1 aliphatic rings. The molecule has 0 aliphatic heterocycles. The summed E-state index contributed by atoms with van der Waals surface area (Å²) in [5.74, 6) is 0.780. The predicted molar refractivity (Wildman–Crippen MR) is 91.7 cm³/mol. The lowest BCUT2D eigenvalue weighted by atomic mass is 10.2. The van der Waals surface area contributed by atoms with Crippen molar-refractivity contribution in [3.8, 4) is 11.8 Å². The first-order valence-corrected chi connectivity index (χ1v) is 7.91. The molecule has 1 saturated carbocycles. The van der Waals surface area contributed by atoms with Gasteiger partial charge < -0.3 is 15.0 Å². The lowest BCUT2D eigenvalue weighted by Gasteiger charge is -2.24. The first kappa shape index (κ1) is 15.9. The molecule has 0 aromatic heterocycles. The molecule has 2 amide bonds. The first-order valence-electron chi connectivity index (χ1n) is 7.91. The summed E-state index contributed by atoms with van der Waals surface area (Å²) in [6, 6.07) is 16.8. The SMILES string of the molecule is COc1ccccc1CN(C(=O)Nc1cccc(C#N)c1)C1CC1. The highest BCUT2D eigenvalue weighted by Crippen LogP contribution is 2.31. The molecular weight excluding hydrogens is 302 g/mol. The van der Waals surface area contributed by atoms with Crippen molar-refractivity contribution in [3.05, 3.63) is 59.7 Å². The van der Waals surface area contributed by atoms with Gasteiger partial charge in [-0.3, -0.25) is 0 Å². The van der Waals surface area contributed by atoms with Gasteiger partial charge in [-0.25, -0.2) is 4.79 Å². The number of ether oxygens (including phenoxy) is 1. The molecule has 1 fully saturated rings. The Kier molecular flexibility index (Phi) is 4.66. The van der Waals surface area contributed by atoms with Crippen molar-refractivity contribution in [2.75, 3.05) is 12.4 Å². The van der Waals surface area contributed by atoms with E-state index in [1.54, 1.807) is 31.4 Å². The van der Waals surface area contributed by atoms with Gasteiger partial charge in [0.1, 0.15) is 5.75 Å². The molecule has 0 bridgehead atoms. The monoisotopic (exact) mass is 321 g/mol. The molecule has 122 valence electrons. The van der Waals surface area contributed by atoms with E-state index >= 15 is 0 Å². The van der Waals surface area contributed by atoms with Crippen LogP contribution in [0.2, 0.25) is 0 Å². The zero-order valence-corrected chi connectivity index (χ0v) is 13.5. The van der Waals surface area contributed by atoms with Gasteiger partial charge in [-0.1, -0.05) is 24.3 Å². The number of methoxy groups -OCH3 is 1. The number of nitrogens with one attached hydrogen (secondary N) is 1. The Morgan fingerprint density at radius 1 is 1.29 bits per heavy atom. The highest BCUT2D eigenvalue weighted by molar-refractivity contribution is 5.90. The van der Waals surface area contributed by atoms with Gasteiger partial charge in [-0.15, -0.1) is 0 Å². The summed E-state index contributed by atoms with van der Waals surface area (Å²) in [6.45, 7) is 0.498. The standard InChI is InChI=1S/C19H19N3O2/c1-24-18-8-3-2-6-15(18)13-22(17-9-10-17)19(23)21-16-7-4-5-14(11-16)12-20/h2-8,11,17H,9-10,13H2,1H3,(H,21,23). The molecule has 0 atom stereocenters. The normalized spacial score (nSPS) is 13.0. The van der Waals surface area contributed by atoms with Crippen molar-refractivity contribution < 1.29 is 9.53 Å². The summed E-state index contributed by atoms with van der Waals surface area (Å²) in [7, 11) is 1.63. The molecule has 0 saturated heterocycles. The van der Waals surface area contributed by atoms with E-state index in [2.05, 4.69) is 11.4 Å². The third-order valence-electron chi connectivity index (χ3n) is 4.02. The fourth-order valence-corrected chi connectivity index (χ4v) is 2.63. The number of carbonyl (C=O) groups is 1. The molecule has 5 nitrogen and oxygen atoms in total. The van der Waals surface area contributed by atoms with E-state index < -0.39 is 0 Å². The van der Waals surface area contributed by atoms with E-state index in [9.17, 15) is 4.79 Å². The Bertz CT molecular complexity index is 778. The summed E-state index contributed by atoms with van der Waals surface area (Å²) in [5, 5.41) is 11.9. The molecule has 3 rings (SSSR count). The minimum Gasteiger partial charge on any atom is -0.496 e. The van der Waals surface area contributed by atoms with Gasteiger partial charge in [-0.2, -0.15) is 5.26 Å². The van der Waals surface area contributed by atoms with Gasteiger partial charge in [0.2, 0.25) is 0 Å². The highest BCUT2D eigenvalue weighted by atomic mass is 16.5. The molecule has 0 radical (unpaired) electrons. The zero-order valence-electron chi connectivity index (χ0n) is 13.5. The maximum atomic E-state index is 12.7. The molecule has 2 aromatic carbocycles. The zero-order chi connectivity index (χ0) is 16.9. The fourth-order valence-electron chi connectivity index (χ4n) is 2.63. The second kappa shape index (κ2) is 7.05. The quantitative estimate of drug-likeness (QED) is 0.912. The van der Waals surface area contributed by atoms with E-state index in [0.717, 1.165) is 24.2 Å². The Balaban J connectivity index is 1.75.